The van der Waals surface area contributed by atoms with E-state index in [9.17, 15) is 18.4 Å². The second kappa shape index (κ2) is 7.12. The number of rotatable bonds is 7. The molecular weight excluding hydrogens is 332 g/mol. The number of hydrogen-bond acceptors (Lipinski definition) is 3. The number of carboxylic acid groups (broad SMARTS) is 1. The number of nitrogens with one attached hydrogen (secondary N) is 1. The van der Waals surface area contributed by atoms with Gasteiger partial charge in [-0.15, -0.1) is 0 Å². The summed E-state index contributed by atoms with van der Waals surface area (Å²) in [6.45, 7) is 3.82. The molecule has 1 amide bonds. The van der Waals surface area contributed by atoms with E-state index < -0.39 is 23.4 Å². The maximum atomic E-state index is 13.0. The van der Waals surface area contributed by atoms with Crippen molar-refractivity contribution in [3.05, 3.63) is 23.2 Å². The van der Waals surface area contributed by atoms with Gasteiger partial charge in [0.2, 0.25) is 5.91 Å². The largest absolute Gasteiger partial charge is 0.481 e. The number of carboxylic acids is 1. The molecular formula is C15H18ClF2NO4. The molecule has 1 rings (SSSR count). The van der Waals surface area contributed by atoms with Gasteiger partial charge < -0.3 is 15.2 Å². The van der Waals surface area contributed by atoms with Crippen LogP contribution in [0.15, 0.2) is 18.2 Å². The zero-order chi connectivity index (χ0) is 17.8. The van der Waals surface area contributed by atoms with E-state index in [0.717, 1.165) is 0 Å². The fourth-order valence-corrected chi connectivity index (χ4v) is 2.15. The van der Waals surface area contributed by atoms with E-state index in [1.807, 2.05) is 0 Å². The van der Waals surface area contributed by atoms with E-state index in [1.165, 1.54) is 18.2 Å². The van der Waals surface area contributed by atoms with Crippen molar-refractivity contribution in [2.75, 3.05) is 5.32 Å². The number of benzene rings is 1. The summed E-state index contributed by atoms with van der Waals surface area (Å²) in [5.41, 5.74) is -0.792. The number of carbonyl (C=O) groups excluding carboxylic acids is 1. The van der Waals surface area contributed by atoms with Crippen molar-refractivity contribution in [1.82, 2.24) is 0 Å². The normalized spacial score (nSPS) is 11.9. The highest BCUT2D eigenvalue weighted by molar-refractivity contribution is 6.31. The molecule has 0 aliphatic carbocycles. The zero-order valence-corrected chi connectivity index (χ0v) is 13.7. The highest BCUT2D eigenvalue weighted by Gasteiger charge is 2.27. The SMILES string of the molecule is CC(C)(CC(=O)O)CC(=O)Nc1cc(Cl)ccc1OC(C)(F)F. The van der Waals surface area contributed by atoms with E-state index >= 15 is 0 Å². The molecule has 5 nitrogen and oxygen atoms in total. The minimum absolute atomic E-state index is 0.00449. The van der Waals surface area contributed by atoms with Crippen LogP contribution in [0.25, 0.3) is 0 Å². The van der Waals surface area contributed by atoms with Crippen LogP contribution in [-0.4, -0.2) is 23.1 Å². The molecule has 1 aromatic carbocycles. The van der Waals surface area contributed by atoms with Crippen molar-refractivity contribution in [3.63, 3.8) is 0 Å². The molecule has 0 saturated heterocycles. The summed E-state index contributed by atoms with van der Waals surface area (Å²) < 4.78 is 30.5. The fourth-order valence-electron chi connectivity index (χ4n) is 1.98. The van der Waals surface area contributed by atoms with Crippen LogP contribution >= 0.6 is 11.6 Å². The van der Waals surface area contributed by atoms with Crippen LogP contribution in [0.3, 0.4) is 0 Å². The molecule has 0 aromatic heterocycles. The Morgan fingerprint density at radius 1 is 1.26 bits per heavy atom. The Morgan fingerprint density at radius 3 is 2.39 bits per heavy atom. The van der Waals surface area contributed by atoms with Crippen LogP contribution in [0.1, 0.15) is 33.6 Å². The van der Waals surface area contributed by atoms with E-state index in [2.05, 4.69) is 10.1 Å². The summed E-state index contributed by atoms with van der Waals surface area (Å²) in [4.78, 5) is 22.8. The molecule has 0 atom stereocenters. The molecule has 23 heavy (non-hydrogen) atoms. The van der Waals surface area contributed by atoms with Gasteiger partial charge in [-0.2, -0.15) is 8.78 Å². The number of aliphatic carboxylic acids is 1. The lowest BCUT2D eigenvalue weighted by Crippen LogP contribution is -2.25. The maximum Gasteiger partial charge on any atom is 0.394 e. The molecule has 0 saturated carbocycles. The molecule has 0 fully saturated rings. The molecule has 0 spiro atoms. The van der Waals surface area contributed by atoms with Crippen molar-refractivity contribution in [1.29, 1.82) is 0 Å². The molecule has 0 unspecified atom stereocenters. The Morgan fingerprint density at radius 2 is 1.87 bits per heavy atom. The second-order valence-corrected chi connectivity index (χ2v) is 6.45. The zero-order valence-electron chi connectivity index (χ0n) is 13.0. The Hall–Kier alpha value is -1.89. The number of carbonyl (C=O) groups is 2. The summed E-state index contributed by atoms with van der Waals surface area (Å²) in [5.74, 6) is -1.78. The standard InChI is InChI=1S/C15H18ClF2NO4/c1-14(2,8-13(21)22)7-12(20)19-10-6-9(16)4-5-11(10)23-15(3,17)18/h4-6H,7-8H2,1-3H3,(H,19,20)(H,21,22). The van der Waals surface area contributed by atoms with Crippen LogP contribution < -0.4 is 10.1 Å². The van der Waals surface area contributed by atoms with Crippen molar-refractivity contribution in [3.8, 4) is 5.75 Å². The first-order chi connectivity index (χ1) is 10.4. The minimum atomic E-state index is -3.42. The van der Waals surface area contributed by atoms with Gasteiger partial charge in [0.05, 0.1) is 12.1 Å². The third-order valence-corrected chi connectivity index (χ3v) is 3.01. The third kappa shape index (κ3) is 7.27. The van der Waals surface area contributed by atoms with Gasteiger partial charge in [-0.05, 0) is 23.6 Å². The highest BCUT2D eigenvalue weighted by atomic mass is 35.5. The number of amides is 1. The summed E-state index contributed by atoms with van der Waals surface area (Å²) in [5, 5.41) is 11.5. The van der Waals surface area contributed by atoms with Crippen molar-refractivity contribution in [2.24, 2.45) is 5.41 Å². The van der Waals surface area contributed by atoms with E-state index in [4.69, 9.17) is 16.7 Å². The number of hydrogen-bond donors (Lipinski definition) is 2. The number of alkyl halides is 2. The number of halogens is 3. The number of ether oxygens (including phenoxy) is 1. The Balaban J connectivity index is 2.89. The van der Waals surface area contributed by atoms with Crippen molar-refractivity contribution >= 4 is 29.2 Å². The van der Waals surface area contributed by atoms with E-state index in [-0.39, 0.29) is 29.3 Å². The summed E-state index contributed by atoms with van der Waals surface area (Å²) in [6.07, 6.45) is -3.73. The molecule has 8 heteroatoms. The quantitative estimate of drug-likeness (QED) is 0.775. The lowest BCUT2D eigenvalue weighted by atomic mass is 9.85. The molecule has 0 aliphatic rings. The predicted molar refractivity (Wildman–Crippen MR) is 82.0 cm³/mol. The van der Waals surface area contributed by atoms with Crippen molar-refractivity contribution < 1.29 is 28.2 Å². The van der Waals surface area contributed by atoms with Gasteiger partial charge in [0.15, 0.2) is 0 Å². The Kier molecular flexibility index (Phi) is 5.93. The average molecular weight is 350 g/mol. The van der Waals surface area contributed by atoms with Gasteiger partial charge in [0.1, 0.15) is 5.75 Å². The lowest BCUT2D eigenvalue weighted by molar-refractivity contribution is -0.158. The molecule has 0 radical (unpaired) electrons. The van der Waals surface area contributed by atoms with Gasteiger partial charge in [0.25, 0.3) is 0 Å². The molecule has 1 aromatic rings. The molecule has 128 valence electrons. The molecule has 0 bridgehead atoms. The van der Waals surface area contributed by atoms with Gasteiger partial charge in [-0.25, -0.2) is 0 Å². The topological polar surface area (TPSA) is 75.6 Å². The molecule has 0 aliphatic heterocycles. The van der Waals surface area contributed by atoms with Crippen LogP contribution in [0.4, 0.5) is 14.5 Å². The monoisotopic (exact) mass is 349 g/mol. The van der Waals surface area contributed by atoms with Gasteiger partial charge in [0, 0.05) is 18.4 Å². The Bertz CT molecular complexity index is 600. The van der Waals surface area contributed by atoms with Crippen LogP contribution in [0, 0.1) is 5.41 Å². The summed E-state index contributed by atoms with van der Waals surface area (Å²) in [7, 11) is 0. The van der Waals surface area contributed by atoms with Gasteiger partial charge in [-0.1, -0.05) is 25.4 Å². The third-order valence-electron chi connectivity index (χ3n) is 2.77. The first kappa shape index (κ1) is 19.2. The smallest absolute Gasteiger partial charge is 0.394 e. The molecule has 0 heterocycles. The lowest BCUT2D eigenvalue weighted by Gasteiger charge is -2.22. The minimum Gasteiger partial charge on any atom is -0.481 e. The van der Waals surface area contributed by atoms with Gasteiger partial charge >= 0.3 is 12.1 Å². The average Bonchev–Trinajstić information content (AvgIpc) is 2.28. The predicted octanol–water partition coefficient (Wildman–Crippen LogP) is 4.16. The fraction of sp³-hybridized carbons (Fsp3) is 0.467. The van der Waals surface area contributed by atoms with E-state index in [1.54, 1.807) is 13.8 Å². The summed E-state index contributed by atoms with van der Waals surface area (Å²) >= 11 is 5.80. The number of anilines is 1. The maximum absolute atomic E-state index is 13.0. The van der Waals surface area contributed by atoms with Crippen LogP contribution in [0.5, 0.6) is 5.75 Å². The van der Waals surface area contributed by atoms with Gasteiger partial charge in [-0.3, -0.25) is 9.59 Å². The first-order valence-electron chi connectivity index (χ1n) is 6.76. The van der Waals surface area contributed by atoms with E-state index in [0.29, 0.717) is 6.92 Å². The first-order valence-corrected chi connectivity index (χ1v) is 7.14. The van der Waals surface area contributed by atoms with Crippen molar-refractivity contribution in [2.45, 2.75) is 39.7 Å². The van der Waals surface area contributed by atoms with Crippen LogP contribution in [0.2, 0.25) is 5.02 Å². The summed E-state index contributed by atoms with van der Waals surface area (Å²) in [6, 6.07) is 3.86. The molecule has 2 N–H and O–H groups in total. The van der Waals surface area contributed by atoms with Crippen LogP contribution in [-0.2, 0) is 9.59 Å². The highest BCUT2D eigenvalue weighted by Crippen LogP contribution is 2.33. The second-order valence-electron chi connectivity index (χ2n) is 6.01. The Labute approximate surface area is 137 Å².